The van der Waals surface area contributed by atoms with Gasteiger partial charge in [-0.1, -0.05) is 51.1 Å². The lowest BCUT2D eigenvalue weighted by Crippen LogP contribution is -2.13. The van der Waals surface area contributed by atoms with Crippen molar-refractivity contribution in [2.75, 3.05) is 5.32 Å². The van der Waals surface area contributed by atoms with Crippen molar-refractivity contribution in [1.82, 2.24) is 0 Å². The molecular formula is C19H22INO. The van der Waals surface area contributed by atoms with E-state index >= 15 is 0 Å². The van der Waals surface area contributed by atoms with Crippen molar-refractivity contribution in [3.8, 4) is 0 Å². The Morgan fingerprint density at radius 2 is 1.77 bits per heavy atom. The maximum atomic E-state index is 12.0. The minimum absolute atomic E-state index is 0.0573. The van der Waals surface area contributed by atoms with Gasteiger partial charge < -0.3 is 5.32 Å². The Hall–Kier alpha value is -1.36. The van der Waals surface area contributed by atoms with Crippen LogP contribution in [0.4, 0.5) is 5.69 Å². The first-order valence-electron chi connectivity index (χ1n) is 7.49. The molecule has 0 saturated heterocycles. The van der Waals surface area contributed by atoms with Gasteiger partial charge in [0.25, 0.3) is 0 Å². The van der Waals surface area contributed by atoms with E-state index in [2.05, 4.69) is 72.9 Å². The van der Waals surface area contributed by atoms with Gasteiger partial charge >= 0.3 is 0 Å². The smallest absolute Gasteiger partial charge is 0.224 e. The van der Waals surface area contributed by atoms with Crippen LogP contribution in [0.2, 0.25) is 0 Å². The number of anilines is 1. The van der Waals surface area contributed by atoms with Crippen LogP contribution in [-0.2, 0) is 16.6 Å². The molecule has 1 N–H and O–H groups in total. The molecule has 0 aromatic heterocycles. The third-order valence-electron chi connectivity index (χ3n) is 3.57. The Kier molecular flexibility index (Phi) is 5.62. The van der Waals surface area contributed by atoms with E-state index in [1.165, 1.54) is 11.1 Å². The van der Waals surface area contributed by atoms with Gasteiger partial charge in [0, 0.05) is 15.7 Å². The molecule has 22 heavy (non-hydrogen) atoms. The monoisotopic (exact) mass is 407 g/mol. The van der Waals surface area contributed by atoms with Crippen LogP contribution >= 0.6 is 22.6 Å². The number of nitrogens with one attached hydrogen (secondary N) is 1. The molecule has 0 unspecified atom stereocenters. The molecule has 0 radical (unpaired) electrons. The molecule has 0 bridgehead atoms. The van der Waals surface area contributed by atoms with Gasteiger partial charge in [0.1, 0.15) is 0 Å². The number of rotatable bonds is 4. The first-order chi connectivity index (χ1) is 10.3. The lowest BCUT2D eigenvalue weighted by atomic mass is 9.86. The first kappa shape index (κ1) is 17.0. The van der Waals surface area contributed by atoms with Crippen LogP contribution in [0.15, 0.2) is 48.5 Å². The lowest BCUT2D eigenvalue weighted by molar-refractivity contribution is -0.116. The third-order valence-corrected chi connectivity index (χ3v) is 4.24. The molecule has 2 nitrogen and oxygen atoms in total. The highest BCUT2D eigenvalue weighted by Gasteiger charge is 2.13. The van der Waals surface area contributed by atoms with Crippen molar-refractivity contribution in [2.45, 2.75) is 39.0 Å². The van der Waals surface area contributed by atoms with Crippen molar-refractivity contribution in [3.05, 3.63) is 63.2 Å². The topological polar surface area (TPSA) is 29.1 Å². The Bertz CT molecular complexity index is 641. The Labute approximate surface area is 146 Å². The quantitative estimate of drug-likeness (QED) is 0.697. The van der Waals surface area contributed by atoms with Crippen molar-refractivity contribution in [2.24, 2.45) is 0 Å². The normalized spacial score (nSPS) is 11.3. The molecule has 0 spiro atoms. The van der Waals surface area contributed by atoms with Gasteiger partial charge in [-0.25, -0.2) is 0 Å². The maximum absolute atomic E-state index is 12.0. The summed E-state index contributed by atoms with van der Waals surface area (Å²) in [6, 6.07) is 16.4. The summed E-state index contributed by atoms with van der Waals surface area (Å²) in [5.41, 5.74) is 3.55. The number of hydrogen-bond donors (Lipinski definition) is 1. The van der Waals surface area contributed by atoms with Crippen molar-refractivity contribution < 1.29 is 4.79 Å². The average Bonchev–Trinajstić information content (AvgIpc) is 2.45. The Morgan fingerprint density at radius 1 is 1.09 bits per heavy atom. The number of amides is 1. The highest BCUT2D eigenvalue weighted by atomic mass is 127. The average molecular weight is 407 g/mol. The molecule has 2 aromatic rings. The lowest BCUT2D eigenvalue weighted by Gasteiger charge is -2.19. The van der Waals surface area contributed by atoms with Gasteiger partial charge in [-0.15, -0.1) is 0 Å². The Morgan fingerprint density at radius 3 is 2.36 bits per heavy atom. The van der Waals surface area contributed by atoms with E-state index in [0.717, 1.165) is 15.7 Å². The molecule has 3 heteroatoms. The van der Waals surface area contributed by atoms with Crippen molar-refractivity contribution in [1.29, 1.82) is 0 Å². The van der Waals surface area contributed by atoms with Crippen LogP contribution in [0.1, 0.15) is 38.3 Å². The summed E-state index contributed by atoms with van der Waals surface area (Å²) in [5, 5.41) is 2.94. The second-order valence-electron chi connectivity index (χ2n) is 6.51. The van der Waals surface area contributed by atoms with Crippen LogP contribution in [-0.4, -0.2) is 5.91 Å². The van der Waals surface area contributed by atoms with Crippen molar-refractivity contribution >= 4 is 34.2 Å². The zero-order valence-corrected chi connectivity index (χ0v) is 15.5. The van der Waals surface area contributed by atoms with Gasteiger partial charge in [-0.3, -0.25) is 4.79 Å². The second kappa shape index (κ2) is 7.27. The fourth-order valence-corrected chi connectivity index (χ4v) is 2.76. The molecule has 0 aliphatic carbocycles. The SMILES string of the molecule is CC(C)(C)c1ccc(CCC(=O)Nc2cccc(I)c2)cc1. The molecular weight excluding hydrogens is 385 g/mol. The number of carbonyl (C=O) groups excluding carboxylic acids is 1. The van der Waals surface area contributed by atoms with Crippen LogP contribution in [0, 0.1) is 3.57 Å². The van der Waals surface area contributed by atoms with Gasteiger partial charge in [-0.05, 0) is 63.8 Å². The fourth-order valence-electron chi connectivity index (χ4n) is 2.22. The van der Waals surface area contributed by atoms with Crippen LogP contribution < -0.4 is 5.32 Å². The maximum Gasteiger partial charge on any atom is 0.224 e. The van der Waals surface area contributed by atoms with Gasteiger partial charge in [0.15, 0.2) is 0 Å². The summed E-state index contributed by atoms with van der Waals surface area (Å²) >= 11 is 2.24. The minimum Gasteiger partial charge on any atom is -0.326 e. The number of aryl methyl sites for hydroxylation is 1. The van der Waals surface area contributed by atoms with Crippen molar-refractivity contribution in [3.63, 3.8) is 0 Å². The zero-order chi connectivity index (χ0) is 16.2. The molecule has 0 fully saturated rings. The van der Waals surface area contributed by atoms with E-state index in [-0.39, 0.29) is 11.3 Å². The Balaban J connectivity index is 1.88. The van der Waals surface area contributed by atoms with E-state index in [4.69, 9.17) is 0 Å². The molecule has 2 rings (SSSR count). The van der Waals surface area contributed by atoms with E-state index in [1.54, 1.807) is 0 Å². The fraction of sp³-hybridized carbons (Fsp3) is 0.316. The van der Waals surface area contributed by atoms with E-state index in [9.17, 15) is 4.79 Å². The second-order valence-corrected chi connectivity index (χ2v) is 7.75. The summed E-state index contributed by atoms with van der Waals surface area (Å²) in [6.07, 6.45) is 1.26. The summed E-state index contributed by atoms with van der Waals surface area (Å²) in [7, 11) is 0. The van der Waals surface area contributed by atoms with Crippen LogP contribution in [0.5, 0.6) is 0 Å². The molecule has 116 valence electrons. The molecule has 0 atom stereocenters. The van der Waals surface area contributed by atoms with E-state index in [1.807, 2.05) is 24.3 Å². The number of carbonyl (C=O) groups is 1. The highest BCUT2D eigenvalue weighted by molar-refractivity contribution is 14.1. The van der Waals surface area contributed by atoms with Gasteiger partial charge in [0.05, 0.1) is 0 Å². The standard InChI is InChI=1S/C19H22INO/c1-19(2,3)15-10-7-14(8-11-15)9-12-18(22)21-17-6-4-5-16(20)13-17/h4-8,10-11,13H,9,12H2,1-3H3,(H,21,22). The van der Waals surface area contributed by atoms with Gasteiger partial charge in [-0.2, -0.15) is 0 Å². The number of hydrogen-bond acceptors (Lipinski definition) is 1. The summed E-state index contributed by atoms with van der Waals surface area (Å²) < 4.78 is 1.12. The molecule has 0 heterocycles. The highest BCUT2D eigenvalue weighted by Crippen LogP contribution is 2.22. The summed E-state index contributed by atoms with van der Waals surface area (Å²) in [6.45, 7) is 6.62. The molecule has 1 amide bonds. The van der Waals surface area contributed by atoms with E-state index < -0.39 is 0 Å². The minimum atomic E-state index is 0.0573. The molecule has 2 aromatic carbocycles. The molecule has 0 saturated carbocycles. The summed E-state index contributed by atoms with van der Waals surface area (Å²) in [4.78, 5) is 12.0. The third kappa shape index (κ3) is 5.13. The predicted octanol–water partition coefficient (Wildman–Crippen LogP) is 5.16. The number of halogens is 1. The van der Waals surface area contributed by atoms with E-state index in [0.29, 0.717) is 6.42 Å². The van der Waals surface area contributed by atoms with Crippen LogP contribution in [0.25, 0.3) is 0 Å². The molecule has 0 aliphatic heterocycles. The first-order valence-corrected chi connectivity index (χ1v) is 8.57. The largest absolute Gasteiger partial charge is 0.326 e. The summed E-state index contributed by atoms with van der Waals surface area (Å²) in [5.74, 6) is 0.0573. The molecule has 0 aliphatic rings. The predicted molar refractivity (Wildman–Crippen MR) is 101 cm³/mol. The van der Waals surface area contributed by atoms with Crippen LogP contribution in [0.3, 0.4) is 0 Å². The number of benzene rings is 2. The van der Waals surface area contributed by atoms with Gasteiger partial charge in [0.2, 0.25) is 5.91 Å². The zero-order valence-electron chi connectivity index (χ0n) is 13.3.